The molecule has 2 heteroatoms. The third kappa shape index (κ3) is 4.28. The maximum atomic E-state index is 8.82. The number of allylic oxidation sites excluding steroid dienone is 1. The van der Waals surface area contributed by atoms with E-state index >= 15 is 0 Å². The van der Waals surface area contributed by atoms with Crippen molar-refractivity contribution in [2.24, 2.45) is 0 Å². The van der Waals surface area contributed by atoms with E-state index in [1.807, 2.05) is 12.3 Å². The zero-order chi connectivity index (χ0) is 12.9. The average Bonchev–Trinajstić information content (AvgIpc) is 2.30. The zero-order valence-corrected chi connectivity index (χ0v) is 11.8. The van der Waals surface area contributed by atoms with Crippen molar-refractivity contribution in [3.05, 3.63) is 40.8 Å². The van der Waals surface area contributed by atoms with Crippen LogP contribution in [0.2, 0.25) is 0 Å². The summed E-state index contributed by atoms with van der Waals surface area (Å²) in [6.07, 6.45) is 0.795. The Morgan fingerprint density at radius 2 is 1.88 bits per heavy atom. The number of benzene rings is 1. The first-order valence-corrected chi connectivity index (χ1v) is 6.71. The molecule has 0 aliphatic rings. The molecule has 1 aromatic rings. The molecule has 0 fully saturated rings. The van der Waals surface area contributed by atoms with Crippen molar-refractivity contribution in [1.29, 1.82) is 5.26 Å². The molecular weight excluding hydrogens is 226 g/mol. The van der Waals surface area contributed by atoms with Crippen LogP contribution in [0.5, 0.6) is 0 Å². The minimum atomic E-state index is 0.195. The van der Waals surface area contributed by atoms with Gasteiger partial charge in [0.05, 0.1) is 6.07 Å². The first kappa shape index (κ1) is 13.9. The fourth-order valence-corrected chi connectivity index (χ4v) is 2.15. The summed E-state index contributed by atoms with van der Waals surface area (Å²) in [5.41, 5.74) is 2.36. The van der Waals surface area contributed by atoms with Crippen LogP contribution in [-0.4, -0.2) is 0 Å². The summed E-state index contributed by atoms with van der Waals surface area (Å²) in [6, 6.07) is 10.8. The highest BCUT2D eigenvalue weighted by Crippen LogP contribution is 2.26. The lowest BCUT2D eigenvalue weighted by Gasteiger charge is -2.18. The highest BCUT2D eigenvalue weighted by atomic mass is 32.2. The van der Waals surface area contributed by atoms with Gasteiger partial charge in [-0.15, -0.1) is 0 Å². The van der Waals surface area contributed by atoms with Crippen molar-refractivity contribution in [3.8, 4) is 6.07 Å². The van der Waals surface area contributed by atoms with Crippen molar-refractivity contribution >= 4 is 11.8 Å². The van der Waals surface area contributed by atoms with Crippen LogP contribution in [0.15, 0.2) is 40.1 Å². The Hall–Kier alpha value is -1.20. The van der Waals surface area contributed by atoms with E-state index < -0.39 is 0 Å². The maximum absolute atomic E-state index is 8.82. The number of hydrogen-bond acceptors (Lipinski definition) is 2. The van der Waals surface area contributed by atoms with E-state index in [-0.39, 0.29) is 5.41 Å². The lowest BCUT2D eigenvalue weighted by Crippen LogP contribution is -2.10. The molecule has 0 N–H and O–H groups in total. The Morgan fingerprint density at radius 1 is 1.29 bits per heavy atom. The summed E-state index contributed by atoms with van der Waals surface area (Å²) in [6.45, 7) is 8.62. The molecule has 1 rings (SSSR count). The molecule has 0 saturated heterocycles. The summed E-state index contributed by atoms with van der Waals surface area (Å²) in [7, 11) is 0. The summed E-state index contributed by atoms with van der Waals surface area (Å²) in [5.74, 6) is 0. The molecule has 0 bridgehead atoms. The topological polar surface area (TPSA) is 23.8 Å². The Balaban J connectivity index is 2.77. The molecule has 0 atom stereocenters. The first-order valence-electron chi connectivity index (χ1n) is 5.83. The number of thioether (sulfide) groups is 1. The quantitative estimate of drug-likeness (QED) is 0.559. The SMILES string of the molecule is CCC(C#N)=CSc1ccc(C(C)(C)C)cc1. The zero-order valence-electron chi connectivity index (χ0n) is 10.9. The fraction of sp³-hybridized carbons (Fsp3) is 0.400. The molecular formula is C15H19NS. The molecule has 1 aromatic carbocycles. The minimum Gasteiger partial charge on any atom is -0.193 e. The maximum Gasteiger partial charge on any atom is 0.0952 e. The van der Waals surface area contributed by atoms with Gasteiger partial charge in [-0.25, -0.2) is 0 Å². The van der Waals surface area contributed by atoms with Gasteiger partial charge in [0, 0.05) is 10.5 Å². The van der Waals surface area contributed by atoms with Crippen molar-refractivity contribution in [2.45, 2.75) is 44.4 Å². The predicted octanol–water partition coefficient (Wildman–Crippen LogP) is 4.89. The standard InChI is InChI=1S/C15H19NS/c1-5-12(10-16)11-17-14-8-6-13(7-9-14)15(2,3)4/h6-9,11H,5H2,1-4H3. The summed E-state index contributed by atoms with van der Waals surface area (Å²) < 4.78 is 0. The number of nitrogens with zero attached hydrogens (tertiary/aromatic N) is 1. The molecule has 0 heterocycles. The van der Waals surface area contributed by atoms with Crippen molar-refractivity contribution in [2.75, 3.05) is 0 Å². The van der Waals surface area contributed by atoms with Gasteiger partial charge in [0.2, 0.25) is 0 Å². The van der Waals surface area contributed by atoms with Crippen molar-refractivity contribution in [3.63, 3.8) is 0 Å². The fourth-order valence-electron chi connectivity index (χ4n) is 1.36. The smallest absolute Gasteiger partial charge is 0.0952 e. The van der Waals surface area contributed by atoms with Gasteiger partial charge in [-0.2, -0.15) is 5.26 Å². The third-order valence-corrected chi connectivity index (χ3v) is 3.53. The van der Waals surface area contributed by atoms with E-state index in [0.29, 0.717) is 0 Å². The summed E-state index contributed by atoms with van der Waals surface area (Å²) >= 11 is 1.61. The second-order valence-corrected chi connectivity index (χ2v) is 5.94. The van der Waals surface area contributed by atoms with E-state index in [4.69, 9.17) is 5.26 Å². The number of hydrogen-bond donors (Lipinski definition) is 0. The van der Waals surface area contributed by atoms with E-state index in [1.54, 1.807) is 11.8 Å². The Morgan fingerprint density at radius 3 is 2.29 bits per heavy atom. The van der Waals surface area contributed by atoms with Gasteiger partial charge in [-0.3, -0.25) is 0 Å². The van der Waals surface area contributed by atoms with Crippen LogP contribution in [-0.2, 0) is 5.41 Å². The second kappa shape index (κ2) is 5.93. The molecule has 0 aliphatic carbocycles. The normalized spacial score (nSPS) is 12.3. The molecule has 90 valence electrons. The molecule has 0 amide bonds. The highest BCUT2D eigenvalue weighted by molar-refractivity contribution is 8.02. The van der Waals surface area contributed by atoms with Crippen LogP contribution in [0.3, 0.4) is 0 Å². The lowest BCUT2D eigenvalue weighted by molar-refractivity contribution is 0.590. The van der Waals surface area contributed by atoms with Crippen molar-refractivity contribution in [1.82, 2.24) is 0 Å². The molecule has 0 unspecified atom stereocenters. The van der Waals surface area contributed by atoms with Crippen LogP contribution >= 0.6 is 11.8 Å². The molecule has 0 aromatic heterocycles. The first-order chi connectivity index (χ1) is 7.97. The molecule has 1 nitrogen and oxygen atoms in total. The minimum absolute atomic E-state index is 0.195. The highest BCUT2D eigenvalue weighted by Gasteiger charge is 2.12. The predicted molar refractivity (Wildman–Crippen MR) is 75.0 cm³/mol. The van der Waals surface area contributed by atoms with Crippen molar-refractivity contribution < 1.29 is 0 Å². The largest absolute Gasteiger partial charge is 0.193 e. The lowest BCUT2D eigenvalue weighted by atomic mass is 9.87. The Bertz CT molecular complexity index is 429. The van der Waals surface area contributed by atoms with E-state index in [9.17, 15) is 0 Å². The molecule has 17 heavy (non-hydrogen) atoms. The van der Waals surface area contributed by atoms with E-state index in [0.717, 1.165) is 12.0 Å². The average molecular weight is 245 g/mol. The molecule has 0 saturated carbocycles. The van der Waals surface area contributed by atoms with Gasteiger partial charge in [0.15, 0.2) is 0 Å². The van der Waals surface area contributed by atoms with Crippen LogP contribution < -0.4 is 0 Å². The third-order valence-electron chi connectivity index (χ3n) is 2.58. The van der Waals surface area contributed by atoms with Crippen LogP contribution in [0, 0.1) is 11.3 Å². The summed E-state index contributed by atoms with van der Waals surface area (Å²) in [4.78, 5) is 1.18. The Labute approximate surface area is 109 Å². The van der Waals surface area contributed by atoms with Gasteiger partial charge >= 0.3 is 0 Å². The van der Waals surface area contributed by atoms with Crippen LogP contribution in [0.4, 0.5) is 0 Å². The molecule has 0 aliphatic heterocycles. The van der Waals surface area contributed by atoms with Gasteiger partial charge in [0.1, 0.15) is 0 Å². The number of nitriles is 1. The van der Waals surface area contributed by atoms with E-state index in [1.165, 1.54) is 10.5 Å². The Kier molecular flexibility index (Phi) is 4.84. The second-order valence-electron chi connectivity index (χ2n) is 5.00. The van der Waals surface area contributed by atoms with Gasteiger partial charge in [-0.1, -0.05) is 51.6 Å². The van der Waals surface area contributed by atoms with Gasteiger partial charge in [0.25, 0.3) is 0 Å². The molecule has 0 radical (unpaired) electrons. The van der Waals surface area contributed by atoms with Gasteiger partial charge < -0.3 is 0 Å². The van der Waals surface area contributed by atoms with E-state index in [2.05, 4.69) is 51.1 Å². The van der Waals surface area contributed by atoms with Crippen LogP contribution in [0.25, 0.3) is 0 Å². The molecule has 0 spiro atoms. The summed E-state index contributed by atoms with van der Waals surface area (Å²) in [5, 5.41) is 10.8. The van der Waals surface area contributed by atoms with Gasteiger partial charge in [-0.05, 0) is 34.9 Å². The monoisotopic (exact) mass is 245 g/mol. The van der Waals surface area contributed by atoms with Crippen LogP contribution in [0.1, 0.15) is 39.7 Å². The number of rotatable bonds is 3.